The van der Waals surface area contributed by atoms with Crippen molar-refractivity contribution >= 4 is 21.7 Å². The molecule has 2 rings (SSSR count). The van der Waals surface area contributed by atoms with Gasteiger partial charge in [0.05, 0.1) is 5.69 Å². The molecule has 0 saturated heterocycles. The van der Waals surface area contributed by atoms with Gasteiger partial charge >= 0.3 is 5.97 Å². The van der Waals surface area contributed by atoms with E-state index in [9.17, 15) is 13.2 Å². The Kier molecular flexibility index (Phi) is 3.77. The maximum Gasteiger partial charge on any atom is 0.320 e. The molecule has 0 spiro atoms. The van der Waals surface area contributed by atoms with Crippen LogP contribution in [-0.2, 0) is 21.4 Å². The number of sulfonamides is 1. The Labute approximate surface area is 112 Å². The molecule has 2 N–H and O–H groups in total. The van der Waals surface area contributed by atoms with Gasteiger partial charge in [-0.1, -0.05) is 18.2 Å². The van der Waals surface area contributed by atoms with Crippen molar-refractivity contribution in [2.24, 2.45) is 0 Å². The molecule has 6 nitrogen and oxygen atoms in total. The molecule has 1 atom stereocenters. The first-order valence-electron chi connectivity index (χ1n) is 5.93. The largest absolute Gasteiger partial charge is 0.480 e. The van der Waals surface area contributed by atoms with Gasteiger partial charge in [-0.3, -0.25) is 9.10 Å². The van der Waals surface area contributed by atoms with E-state index < -0.39 is 21.7 Å². The van der Waals surface area contributed by atoms with Crippen LogP contribution in [0.15, 0.2) is 24.3 Å². The number of carboxylic acid groups (broad SMARTS) is 1. The van der Waals surface area contributed by atoms with E-state index in [4.69, 9.17) is 5.11 Å². The minimum absolute atomic E-state index is 0.0454. The number of benzene rings is 1. The molecule has 19 heavy (non-hydrogen) atoms. The second kappa shape index (κ2) is 5.18. The Bertz CT molecular complexity index is 585. The number of para-hydroxylation sites is 1. The number of hydrogen-bond donors (Lipinski definition) is 2. The van der Waals surface area contributed by atoms with E-state index in [1.165, 1.54) is 4.31 Å². The predicted molar refractivity (Wildman–Crippen MR) is 71.5 cm³/mol. The van der Waals surface area contributed by atoms with Crippen molar-refractivity contribution in [1.29, 1.82) is 0 Å². The molecule has 0 radical (unpaired) electrons. The molecule has 1 aromatic rings. The fourth-order valence-electron chi connectivity index (χ4n) is 2.10. The Hall–Kier alpha value is -1.60. The minimum Gasteiger partial charge on any atom is -0.480 e. The van der Waals surface area contributed by atoms with Gasteiger partial charge < -0.3 is 10.4 Å². The van der Waals surface area contributed by atoms with Gasteiger partial charge in [-0.2, -0.15) is 0 Å². The van der Waals surface area contributed by atoms with Crippen molar-refractivity contribution in [2.45, 2.75) is 19.5 Å². The molecule has 1 heterocycles. The van der Waals surface area contributed by atoms with Gasteiger partial charge in [0, 0.05) is 19.1 Å². The van der Waals surface area contributed by atoms with Crippen LogP contribution in [-0.4, -0.2) is 37.8 Å². The van der Waals surface area contributed by atoms with Gasteiger partial charge in [-0.25, -0.2) is 8.42 Å². The normalized spacial score (nSPS) is 19.6. The third-order valence-electron chi connectivity index (χ3n) is 2.98. The summed E-state index contributed by atoms with van der Waals surface area (Å²) in [5.41, 5.74) is 1.40. The molecule has 0 fully saturated rings. The first kappa shape index (κ1) is 13.8. The van der Waals surface area contributed by atoms with Crippen molar-refractivity contribution in [3.63, 3.8) is 0 Å². The molecular formula is C12H16N2O4S. The molecule has 1 aromatic carbocycles. The van der Waals surface area contributed by atoms with E-state index >= 15 is 0 Å². The fraction of sp³-hybridized carbons (Fsp3) is 0.417. The smallest absolute Gasteiger partial charge is 0.320 e. The fourth-order valence-corrected chi connectivity index (χ4v) is 3.49. The number of aliphatic carboxylic acids is 1. The molecule has 0 aliphatic carbocycles. The van der Waals surface area contributed by atoms with E-state index in [1.54, 1.807) is 12.1 Å². The van der Waals surface area contributed by atoms with E-state index in [0.29, 0.717) is 12.2 Å². The zero-order valence-corrected chi connectivity index (χ0v) is 11.4. The maximum absolute atomic E-state index is 12.2. The molecule has 0 amide bonds. The number of carbonyl (C=O) groups is 1. The number of anilines is 1. The summed E-state index contributed by atoms with van der Waals surface area (Å²) in [6.45, 7) is 2.66. The number of fused-ring (bicyclic) bond motifs is 1. The first-order valence-corrected chi connectivity index (χ1v) is 7.54. The summed E-state index contributed by atoms with van der Waals surface area (Å²) in [6, 6.07) is 7.07. The van der Waals surface area contributed by atoms with Gasteiger partial charge in [0.25, 0.3) is 0 Å². The number of nitrogens with zero attached hydrogens (tertiary/aromatic N) is 1. The van der Waals surface area contributed by atoms with Crippen molar-refractivity contribution in [2.75, 3.05) is 16.6 Å². The van der Waals surface area contributed by atoms with E-state index in [-0.39, 0.29) is 12.6 Å². The number of nitrogens with one attached hydrogen (secondary N) is 1. The van der Waals surface area contributed by atoms with E-state index in [1.807, 2.05) is 19.1 Å². The summed E-state index contributed by atoms with van der Waals surface area (Å²) in [5, 5.41) is 11.9. The zero-order chi connectivity index (χ0) is 14.0. The van der Waals surface area contributed by atoms with E-state index in [2.05, 4.69) is 5.32 Å². The summed E-state index contributed by atoms with van der Waals surface area (Å²) in [6.07, 6.45) is 0. The molecule has 1 aliphatic heterocycles. The third-order valence-corrected chi connectivity index (χ3v) is 4.61. The average molecular weight is 284 g/mol. The lowest BCUT2D eigenvalue weighted by molar-refractivity contribution is -0.134. The second-order valence-corrected chi connectivity index (χ2v) is 6.49. The van der Waals surface area contributed by atoms with Crippen LogP contribution in [0.25, 0.3) is 0 Å². The van der Waals surface area contributed by atoms with Crippen LogP contribution in [0, 0.1) is 0 Å². The third kappa shape index (κ3) is 3.05. The topological polar surface area (TPSA) is 86.7 Å². The minimum atomic E-state index is -3.86. The highest BCUT2D eigenvalue weighted by Gasteiger charge is 2.30. The second-order valence-electron chi connectivity index (χ2n) is 4.59. The lowest BCUT2D eigenvalue weighted by Crippen LogP contribution is -2.42. The van der Waals surface area contributed by atoms with Crippen LogP contribution in [0.1, 0.15) is 12.5 Å². The van der Waals surface area contributed by atoms with Crippen LogP contribution in [0.3, 0.4) is 0 Å². The highest BCUT2D eigenvalue weighted by molar-refractivity contribution is 7.93. The number of hydrogen-bond acceptors (Lipinski definition) is 4. The van der Waals surface area contributed by atoms with Gasteiger partial charge in [0.15, 0.2) is 5.75 Å². The maximum atomic E-state index is 12.2. The zero-order valence-electron chi connectivity index (χ0n) is 10.5. The predicted octanol–water partition coefficient (Wildman–Crippen LogP) is 0.399. The molecule has 1 unspecified atom stereocenters. The van der Waals surface area contributed by atoms with Gasteiger partial charge in [-0.05, 0) is 18.6 Å². The number of carboxylic acids is 1. The van der Waals surface area contributed by atoms with Crippen molar-refractivity contribution in [1.82, 2.24) is 5.32 Å². The quantitative estimate of drug-likeness (QED) is 0.839. The summed E-state index contributed by atoms with van der Waals surface area (Å²) >= 11 is 0. The van der Waals surface area contributed by atoms with E-state index in [0.717, 1.165) is 5.56 Å². The standard InChI is InChI=1S/C12H16N2O4S/c1-9-7-14(19(17,18)8-12(15)16)11-5-3-2-4-10(11)6-13-9/h2-5,9,13H,6-8H2,1H3,(H,15,16). The van der Waals surface area contributed by atoms with Crippen LogP contribution < -0.4 is 9.62 Å². The van der Waals surface area contributed by atoms with Gasteiger partial charge in [0.2, 0.25) is 10.0 Å². The molecule has 7 heteroatoms. The summed E-state index contributed by atoms with van der Waals surface area (Å²) in [4.78, 5) is 10.7. The summed E-state index contributed by atoms with van der Waals surface area (Å²) in [5.74, 6) is -2.24. The highest BCUT2D eigenvalue weighted by atomic mass is 32.2. The van der Waals surface area contributed by atoms with Crippen molar-refractivity contribution in [3.8, 4) is 0 Å². The Morgan fingerprint density at radius 1 is 1.47 bits per heavy atom. The molecule has 1 aliphatic rings. The molecular weight excluding hydrogens is 268 g/mol. The van der Waals surface area contributed by atoms with Crippen molar-refractivity contribution < 1.29 is 18.3 Å². The molecule has 0 aromatic heterocycles. The molecule has 0 bridgehead atoms. The number of rotatable bonds is 3. The Morgan fingerprint density at radius 2 is 2.16 bits per heavy atom. The Morgan fingerprint density at radius 3 is 2.84 bits per heavy atom. The lowest BCUT2D eigenvalue weighted by Gasteiger charge is -2.25. The monoisotopic (exact) mass is 284 g/mol. The van der Waals surface area contributed by atoms with Gasteiger partial charge in [-0.15, -0.1) is 0 Å². The SMILES string of the molecule is CC1CN(S(=O)(=O)CC(=O)O)c2ccccc2CN1. The van der Waals surface area contributed by atoms with Crippen LogP contribution in [0.4, 0.5) is 5.69 Å². The average Bonchev–Trinajstić information content (AvgIpc) is 2.48. The molecule has 104 valence electrons. The lowest BCUT2D eigenvalue weighted by atomic mass is 10.2. The molecule has 0 saturated carbocycles. The Balaban J connectivity index is 2.45. The summed E-state index contributed by atoms with van der Waals surface area (Å²) < 4.78 is 25.5. The van der Waals surface area contributed by atoms with Gasteiger partial charge in [0.1, 0.15) is 0 Å². The van der Waals surface area contributed by atoms with Crippen LogP contribution >= 0.6 is 0 Å². The van der Waals surface area contributed by atoms with Crippen molar-refractivity contribution in [3.05, 3.63) is 29.8 Å². The highest BCUT2D eigenvalue weighted by Crippen LogP contribution is 2.26. The first-order chi connectivity index (χ1) is 8.90. The van der Waals surface area contributed by atoms with Crippen LogP contribution in [0.2, 0.25) is 0 Å². The summed E-state index contributed by atoms with van der Waals surface area (Å²) in [7, 11) is -3.86. The van der Waals surface area contributed by atoms with Crippen LogP contribution in [0.5, 0.6) is 0 Å².